The number of para-hydroxylation sites is 2. The van der Waals surface area contributed by atoms with Crippen molar-refractivity contribution in [1.29, 1.82) is 0 Å². The summed E-state index contributed by atoms with van der Waals surface area (Å²) in [5.74, 6) is 0. The molecule has 0 atom stereocenters. The highest BCUT2D eigenvalue weighted by atomic mass is 15.0. The molecule has 2 aliphatic carbocycles. The zero-order valence-electron chi connectivity index (χ0n) is 18.9. The zero-order valence-corrected chi connectivity index (χ0v) is 18.9. The Kier molecular flexibility index (Phi) is 3.14. The van der Waals surface area contributed by atoms with Gasteiger partial charge in [-0.1, -0.05) is 54.6 Å². The molecule has 9 rings (SSSR count). The number of hydrogen-bond donors (Lipinski definition) is 0. The minimum absolute atomic E-state index is 0.974. The van der Waals surface area contributed by atoms with Gasteiger partial charge < -0.3 is 0 Å². The van der Waals surface area contributed by atoms with Crippen LogP contribution >= 0.6 is 0 Å². The molecule has 0 amide bonds. The quantitative estimate of drug-likeness (QED) is 0.229. The van der Waals surface area contributed by atoms with Crippen molar-refractivity contribution in [3.8, 4) is 22.3 Å². The Balaban J connectivity index is 1.48. The molecule has 3 heteroatoms. The third kappa shape index (κ3) is 2.17. The first-order chi connectivity index (χ1) is 17.3. The fourth-order valence-corrected chi connectivity index (χ4v) is 6.60. The van der Waals surface area contributed by atoms with Crippen molar-refractivity contribution < 1.29 is 0 Å². The van der Waals surface area contributed by atoms with Crippen LogP contribution in [0.25, 0.3) is 60.6 Å². The molecule has 4 aromatic carbocycles. The average molecular weight is 446 g/mol. The molecule has 3 aromatic heterocycles. The van der Waals surface area contributed by atoms with Gasteiger partial charge in [-0.2, -0.15) is 0 Å². The van der Waals surface area contributed by atoms with Crippen LogP contribution in [0.5, 0.6) is 0 Å². The van der Waals surface area contributed by atoms with Crippen LogP contribution in [0.2, 0.25) is 0 Å². The van der Waals surface area contributed by atoms with Gasteiger partial charge in [0.25, 0.3) is 0 Å². The Labute approximate surface area is 201 Å². The topological polar surface area (TPSA) is 30.2 Å². The van der Waals surface area contributed by atoms with E-state index < -0.39 is 0 Å². The summed E-state index contributed by atoms with van der Waals surface area (Å²) in [6, 6.07) is 28.9. The number of aromatic nitrogens is 3. The van der Waals surface area contributed by atoms with Crippen molar-refractivity contribution in [3.05, 3.63) is 114 Å². The van der Waals surface area contributed by atoms with Crippen LogP contribution in [0.3, 0.4) is 0 Å². The molecule has 0 bridgehead atoms. The number of fused-ring (bicyclic) bond motifs is 15. The fourth-order valence-electron chi connectivity index (χ4n) is 6.60. The highest BCUT2D eigenvalue weighted by Gasteiger charge is 2.28. The van der Waals surface area contributed by atoms with E-state index in [1.807, 2.05) is 12.4 Å². The van der Waals surface area contributed by atoms with E-state index in [9.17, 15) is 0 Å². The summed E-state index contributed by atoms with van der Waals surface area (Å²) in [6.45, 7) is 0. The second kappa shape index (κ2) is 6.13. The van der Waals surface area contributed by atoms with E-state index in [0.29, 0.717) is 0 Å². The average Bonchev–Trinajstić information content (AvgIpc) is 3.58. The number of pyridine rings is 2. The first-order valence-corrected chi connectivity index (χ1v) is 12.2. The van der Waals surface area contributed by atoms with E-state index in [1.54, 1.807) is 0 Å². The van der Waals surface area contributed by atoms with Crippen LogP contribution in [-0.2, 0) is 12.8 Å². The van der Waals surface area contributed by atoms with Crippen molar-refractivity contribution in [3.63, 3.8) is 0 Å². The van der Waals surface area contributed by atoms with Crippen LogP contribution in [0.4, 0.5) is 0 Å². The maximum Gasteiger partial charge on any atom is 0.147 e. The van der Waals surface area contributed by atoms with Gasteiger partial charge in [0.05, 0.1) is 16.6 Å². The fraction of sp³-hybridized carbons (Fsp3) is 0.0625. The lowest BCUT2D eigenvalue weighted by molar-refractivity contribution is 1.21. The molecular formula is C32H19N3. The minimum Gasteiger partial charge on any atom is -0.292 e. The Morgan fingerprint density at radius 1 is 0.629 bits per heavy atom. The Morgan fingerprint density at radius 3 is 2.49 bits per heavy atom. The van der Waals surface area contributed by atoms with E-state index in [2.05, 4.69) is 88.2 Å². The third-order valence-corrected chi connectivity index (χ3v) is 8.07. The van der Waals surface area contributed by atoms with Gasteiger partial charge in [-0.3, -0.25) is 9.38 Å². The van der Waals surface area contributed by atoms with Gasteiger partial charge in [0.1, 0.15) is 5.65 Å². The SMILES string of the molecule is c1ccc2c(c1)Cc1cc3c(cc1-2)-c1c(ccc2c4cnccc4n4c5ccccc5nc4c12)C3. The van der Waals surface area contributed by atoms with Gasteiger partial charge in [0, 0.05) is 23.2 Å². The minimum atomic E-state index is 0.974. The molecule has 0 fully saturated rings. The maximum atomic E-state index is 5.19. The first-order valence-electron chi connectivity index (χ1n) is 12.2. The van der Waals surface area contributed by atoms with Crippen LogP contribution in [0.15, 0.2) is 91.3 Å². The summed E-state index contributed by atoms with van der Waals surface area (Å²) < 4.78 is 2.33. The van der Waals surface area contributed by atoms with Gasteiger partial charge in [-0.25, -0.2) is 4.98 Å². The second-order valence-corrected chi connectivity index (χ2v) is 9.85. The lowest BCUT2D eigenvalue weighted by Gasteiger charge is -2.13. The second-order valence-electron chi connectivity index (χ2n) is 9.85. The van der Waals surface area contributed by atoms with Gasteiger partial charge in [-0.15, -0.1) is 0 Å². The van der Waals surface area contributed by atoms with Crippen molar-refractivity contribution in [2.45, 2.75) is 12.8 Å². The Hall–Kier alpha value is -4.50. The molecule has 0 saturated carbocycles. The molecule has 162 valence electrons. The standard InChI is InChI=1S/C32H19N3/c1-2-6-22-18(5-1)13-20-15-21-14-19-9-10-23-26-17-33-12-11-28(26)35-29-8-4-3-7-27(29)34-32(35)31(23)30(19)25(21)16-24(20)22/h1-12,15-17H,13-14H2. The summed E-state index contributed by atoms with van der Waals surface area (Å²) in [5.41, 5.74) is 15.5. The molecule has 35 heavy (non-hydrogen) atoms. The monoisotopic (exact) mass is 445 g/mol. The van der Waals surface area contributed by atoms with E-state index in [0.717, 1.165) is 35.0 Å². The molecule has 3 heterocycles. The highest BCUT2D eigenvalue weighted by molar-refractivity contribution is 6.19. The molecule has 7 aromatic rings. The van der Waals surface area contributed by atoms with Crippen LogP contribution < -0.4 is 0 Å². The predicted octanol–water partition coefficient (Wildman–Crippen LogP) is 7.33. The molecular weight excluding hydrogens is 426 g/mol. The molecule has 0 spiro atoms. The summed E-state index contributed by atoms with van der Waals surface area (Å²) in [4.78, 5) is 9.71. The number of rotatable bonds is 0. The predicted molar refractivity (Wildman–Crippen MR) is 142 cm³/mol. The summed E-state index contributed by atoms with van der Waals surface area (Å²) in [7, 11) is 0. The molecule has 2 aliphatic rings. The van der Waals surface area contributed by atoms with Crippen LogP contribution in [-0.4, -0.2) is 14.4 Å². The summed E-state index contributed by atoms with van der Waals surface area (Å²) in [5, 5.41) is 3.63. The Morgan fingerprint density at radius 2 is 1.49 bits per heavy atom. The zero-order chi connectivity index (χ0) is 22.7. The van der Waals surface area contributed by atoms with Crippen LogP contribution in [0.1, 0.15) is 22.3 Å². The maximum absolute atomic E-state index is 5.19. The lowest BCUT2D eigenvalue weighted by Crippen LogP contribution is -1.94. The molecule has 0 aliphatic heterocycles. The van der Waals surface area contributed by atoms with Crippen LogP contribution in [0, 0.1) is 0 Å². The van der Waals surface area contributed by atoms with Crippen molar-refractivity contribution in [1.82, 2.24) is 14.4 Å². The summed E-state index contributed by atoms with van der Waals surface area (Å²) >= 11 is 0. The van der Waals surface area contributed by atoms with E-state index in [1.165, 1.54) is 60.7 Å². The first kappa shape index (κ1) is 17.9. The Bertz CT molecular complexity index is 2060. The third-order valence-electron chi connectivity index (χ3n) is 8.07. The van der Waals surface area contributed by atoms with Gasteiger partial charge in [0.2, 0.25) is 0 Å². The van der Waals surface area contributed by atoms with Gasteiger partial charge >= 0.3 is 0 Å². The van der Waals surface area contributed by atoms with E-state index in [4.69, 9.17) is 4.98 Å². The number of hydrogen-bond acceptors (Lipinski definition) is 2. The molecule has 0 radical (unpaired) electrons. The van der Waals surface area contributed by atoms with Crippen molar-refractivity contribution in [2.24, 2.45) is 0 Å². The molecule has 0 N–H and O–H groups in total. The number of benzene rings is 4. The van der Waals surface area contributed by atoms with Crippen molar-refractivity contribution in [2.75, 3.05) is 0 Å². The van der Waals surface area contributed by atoms with Gasteiger partial charge in [0.15, 0.2) is 0 Å². The number of nitrogens with zero attached hydrogens (tertiary/aromatic N) is 3. The normalized spacial score (nSPS) is 13.5. The van der Waals surface area contributed by atoms with E-state index in [-0.39, 0.29) is 0 Å². The van der Waals surface area contributed by atoms with E-state index >= 15 is 0 Å². The largest absolute Gasteiger partial charge is 0.292 e. The summed E-state index contributed by atoms with van der Waals surface area (Å²) in [6.07, 6.45) is 5.89. The highest BCUT2D eigenvalue weighted by Crippen LogP contribution is 2.48. The molecule has 0 saturated heterocycles. The molecule has 3 nitrogen and oxygen atoms in total. The van der Waals surface area contributed by atoms with Crippen molar-refractivity contribution >= 4 is 38.4 Å². The smallest absolute Gasteiger partial charge is 0.147 e. The lowest BCUT2D eigenvalue weighted by atomic mass is 9.94. The van der Waals surface area contributed by atoms with Gasteiger partial charge in [-0.05, 0) is 87.0 Å². The number of imidazole rings is 1. The molecule has 0 unspecified atom stereocenters.